The zero-order chi connectivity index (χ0) is 11.3. The highest BCUT2D eigenvalue weighted by Crippen LogP contribution is 2.16. The number of carboxylic acid groups (broad SMARTS) is 1. The monoisotopic (exact) mass is 224 g/mol. The van der Waals surface area contributed by atoms with E-state index >= 15 is 0 Å². The molecule has 1 N–H and O–H groups in total. The van der Waals surface area contributed by atoms with E-state index < -0.39 is 11.9 Å². The predicted octanol–water partition coefficient (Wildman–Crippen LogP) is 3.16. The molecule has 0 spiro atoms. The van der Waals surface area contributed by atoms with Gasteiger partial charge in [0.1, 0.15) is 0 Å². The molecule has 2 nitrogen and oxygen atoms in total. The second-order valence-corrected chi connectivity index (χ2v) is 3.83. The molecule has 0 radical (unpaired) electrons. The summed E-state index contributed by atoms with van der Waals surface area (Å²) in [5, 5.41) is 9.61. The van der Waals surface area contributed by atoms with Crippen molar-refractivity contribution in [1.82, 2.24) is 0 Å². The van der Waals surface area contributed by atoms with E-state index in [0.717, 1.165) is 5.56 Å². The molecule has 3 heteroatoms. The van der Waals surface area contributed by atoms with Crippen molar-refractivity contribution in [2.45, 2.75) is 12.8 Å². The molecular weight excluding hydrogens is 212 g/mol. The van der Waals surface area contributed by atoms with Gasteiger partial charge in [0.2, 0.25) is 0 Å². The highest BCUT2D eigenvalue weighted by Gasteiger charge is 2.15. The summed E-state index contributed by atoms with van der Waals surface area (Å²) < 4.78 is 0. The van der Waals surface area contributed by atoms with Gasteiger partial charge in [0.15, 0.2) is 0 Å². The van der Waals surface area contributed by atoms with Gasteiger partial charge in [-0.1, -0.05) is 29.8 Å². The molecule has 0 fully saturated rings. The van der Waals surface area contributed by atoms with E-state index in [1.807, 2.05) is 12.1 Å². The van der Waals surface area contributed by atoms with E-state index in [1.54, 1.807) is 18.2 Å². The molecule has 0 amide bonds. The van der Waals surface area contributed by atoms with Crippen molar-refractivity contribution >= 4 is 17.6 Å². The Morgan fingerprint density at radius 1 is 1.47 bits per heavy atom. The maximum Gasteiger partial charge on any atom is 0.307 e. The van der Waals surface area contributed by atoms with Gasteiger partial charge < -0.3 is 5.11 Å². The Labute approximate surface area is 94.2 Å². The molecule has 0 saturated carbocycles. The lowest BCUT2D eigenvalue weighted by molar-refractivity contribution is -0.141. The van der Waals surface area contributed by atoms with Gasteiger partial charge in [-0.25, -0.2) is 0 Å². The quantitative estimate of drug-likeness (QED) is 0.781. The Bertz CT molecular complexity index is 343. The van der Waals surface area contributed by atoms with Crippen LogP contribution < -0.4 is 0 Å². The summed E-state index contributed by atoms with van der Waals surface area (Å²) in [7, 11) is 0. The lowest BCUT2D eigenvalue weighted by Gasteiger charge is -2.09. The lowest BCUT2D eigenvalue weighted by atomic mass is 9.96. The Kier molecular flexibility index (Phi) is 4.37. The summed E-state index contributed by atoms with van der Waals surface area (Å²) in [4.78, 5) is 10.9. The molecule has 1 aromatic carbocycles. The van der Waals surface area contributed by atoms with Crippen molar-refractivity contribution < 1.29 is 9.90 Å². The summed E-state index contributed by atoms with van der Waals surface area (Å²) in [6.07, 6.45) is 2.63. The zero-order valence-corrected chi connectivity index (χ0v) is 9.07. The molecule has 0 aliphatic carbocycles. The second-order valence-electron chi connectivity index (χ2n) is 3.39. The standard InChI is InChI=1S/C12H13ClO2/c1-2-3-10(12(14)15)8-9-4-6-11(13)7-5-9/h2,4-7,10H,1,3,8H2,(H,14,15)/t10-/m0/s1. The Morgan fingerprint density at radius 3 is 2.53 bits per heavy atom. The average Bonchev–Trinajstić information content (AvgIpc) is 2.20. The van der Waals surface area contributed by atoms with Crippen molar-refractivity contribution in [3.63, 3.8) is 0 Å². The van der Waals surface area contributed by atoms with Crippen molar-refractivity contribution in [2.75, 3.05) is 0 Å². The van der Waals surface area contributed by atoms with Crippen molar-refractivity contribution in [2.24, 2.45) is 5.92 Å². The molecule has 0 unspecified atom stereocenters. The van der Waals surface area contributed by atoms with E-state index in [9.17, 15) is 4.79 Å². The highest BCUT2D eigenvalue weighted by molar-refractivity contribution is 6.30. The van der Waals surface area contributed by atoms with Crippen molar-refractivity contribution in [3.8, 4) is 0 Å². The first-order chi connectivity index (χ1) is 7.13. The SMILES string of the molecule is C=CC[C@@H](Cc1ccc(Cl)cc1)C(=O)O. The van der Waals surface area contributed by atoms with Crippen LogP contribution in [0.5, 0.6) is 0 Å². The van der Waals surface area contributed by atoms with Gasteiger partial charge in [0.05, 0.1) is 5.92 Å². The zero-order valence-electron chi connectivity index (χ0n) is 8.32. The summed E-state index contributed by atoms with van der Waals surface area (Å²) in [6, 6.07) is 7.23. The van der Waals surface area contributed by atoms with Gasteiger partial charge in [-0.2, -0.15) is 0 Å². The first kappa shape index (κ1) is 11.8. The largest absolute Gasteiger partial charge is 0.481 e. The van der Waals surface area contributed by atoms with Gasteiger partial charge in [-0.3, -0.25) is 4.79 Å². The molecular formula is C12H13ClO2. The summed E-state index contributed by atoms with van der Waals surface area (Å²) >= 11 is 5.74. The maximum absolute atomic E-state index is 10.9. The molecule has 15 heavy (non-hydrogen) atoms. The van der Waals surface area contributed by atoms with Crippen LogP contribution in [0.1, 0.15) is 12.0 Å². The highest BCUT2D eigenvalue weighted by atomic mass is 35.5. The number of aliphatic carboxylic acids is 1. The van der Waals surface area contributed by atoms with Crippen LogP contribution in [-0.2, 0) is 11.2 Å². The number of carbonyl (C=O) groups is 1. The van der Waals surface area contributed by atoms with Crippen LogP contribution in [0.25, 0.3) is 0 Å². The van der Waals surface area contributed by atoms with Crippen LogP contribution in [0.15, 0.2) is 36.9 Å². The van der Waals surface area contributed by atoms with E-state index in [2.05, 4.69) is 6.58 Å². The minimum absolute atomic E-state index is 0.399. The molecule has 0 aliphatic heterocycles. The Hall–Kier alpha value is -1.28. The minimum Gasteiger partial charge on any atom is -0.481 e. The Balaban J connectivity index is 2.69. The molecule has 0 saturated heterocycles. The number of hydrogen-bond acceptors (Lipinski definition) is 1. The third kappa shape index (κ3) is 3.76. The van der Waals surface area contributed by atoms with Crippen molar-refractivity contribution in [1.29, 1.82) is 0 Å². The molecule has 1 rings (SSSR count). The lowest BCUT2D eigenvalue weighted by Crippen LogP contribution is -2.15. The fraction of sp³-hybridized carbons (Fsp3) is 0.250. The molecule has 0 aromatic heterocycles. The third-order valence-corrected chi connectivity index (χ3v) is 2.45. The molecule has 0 heterocycles. The molecule has 80 valence electrons. The normalized spacial score (nSPS) is 12.1. The second kappa shape index (κ2) is 5.56. The van der Waals surface area contributed by atoms with E-state index in [0.29, 0.717) is 17.9 Å². The van der Waals surface area contributed by atoms with Crippen LogP contribution in [-0.4, -0.2) is 11.1 Å². The van der Waals surface area contributed by atoms with E-state index in [-0.39, 0.29) is 0 Å². The molecule has 1 atom stereocenters. The predicted molar refractivity (Wildman–Crippen MR) is 61.1 cm³/mol. The first-order valence-electron chi connectivity index (χ1n) is 4.71. The van der Waals surface area contributed by atoms with Crippen LogP contribution >= 0.6 is 11.6 Å². The third-order valence-electron chi connectivity index (χ3n) is 2.20. The van der Waals surface area contributed by atoms with Gasteiger partial charge in [-0.05, 0) is 30.5 Å². The topological polar surface area (TPSA) is 37.3 Å². The molecule has 0 bridgehead atoms. The summed E-state index contributed by atoms with van der Waals surface area (Å²) in [5.41, 5.74) is 0.980. The maximum atomic E-state index is 10.9. The number of hydrogen-bond donors (Lipinski definition) is 1. The van der Waals surface area contributed by atoms with Crippen molar-refractivity contribution in [3.05, 3.63) is 47.5 Å². The first-order valence-corrected chi connectivity index (χ1v) is 5.09. The smallest absolute Gasteiger partial charge is 0.307 e. The summed E-state index contributed by atoms with van der Waals surface area (Å²) in [5.74, 6) is -1.19. The van der Waals surface area contributed by atoms with Gasteiger partial charge in [0.25, 0.3) is 0 Å². The number of benzene rings is 1. The van der Waals surface area contributed by atoms with Gasteiger partial charge >= 0.3 is 5.97 Å². The van der Waals surface area contributed by atoms with E-state index in [4.69, 9.17) is 16.7 Å². The number of halogens is 1. The van der Waals surface area contributed by atoms with Crippen LogP contribution in [0.4, 0.5) is 0 Å². The molecule has 1 aromatic rings. The summed E-state index contributed by atoms with van der Waals surface area (Å²) in [6.45, 7) is 3.55. The fourth-order valence-electron chi connectivity index (χ4n) is 1.38. The van der Waals surface area contributed by atoms with E-state index in [1.165, 1.54) is 0 Å². The minimum atomic E-state index is -0.787. The Morgan fingerprint density at radius 2 is 2.07 bits per heavy atom. The number of carboxylic acids is 1. The average molecular weight is 225 g/mol. The molecule has 0 aliphatic rings. The van der Waals surface area contributed by atoms with Crippen LogP contribution in [0, 0.1) is 5.92 Å². The van der Waals surface area contributed by atoms with Crippen LogP contribution in [0.3, 0.4) is 0 Å². The number of allylic oxidation sites excluding steroid dienone is 1. The fourth-order valence-corrected chi connectivity index (χ4v) is 1.50. The van der Waals surface area contributed by atoms with Crippen LogP contribution in [0.2, 0.25) is 5.02 Å². The van der Waals surface area contributed by atoms with Gasteiger partial charge in [-0.15, -0.1) is 6.58 Å². The number of rotatable bonds is 5. The van der Waals surface area contributed by atoms with Gasteiger partial charge in [0, 0.05) is 5.02 Å².